The molecule has 0 radical (unpaired) electrons. The number of carboxylic acid groups (broad SMARTS) is 1. The van der Waals surface area contributed by atoms with Gasteiger partial charge in [-0.2, -0.15) is 0 Å². The average molecular weight is 322 g/mol. The van der Waals surface area contributed by atoms with Gasteiger partial charge in [0.2, 0.25) is 0 Å². The zero-order valence-corrected chi connectivity index (χ0v) is 13.7. The van der Waals surface area contributed by atoms with Gasteiger partial charge in [0, 0.05) is 5.69 Å². The number of carbonyl (C=O) groups excluding carboxylic acids is 1. The first-order valence-electron chi connectivity index (χ1n) is 7.43. The van der Waals surface area contributed by atoms with Crippen LogP contribution in [0.2, 0.25) is 0 Å². The lowest BCUT2D eigenvalue weighted by Crippen LogP contribution is -2.39. The molecule has 1 unspecified atom stereocenters. The van der Waals surface area contributed by atoms with Gasteiger partial charge in [-0.1, -0.05) is 0 Å². The first-order chi connectivity index (χ1) is 10.7. The SMILES string of the molecule is C[C@H](C(=O)O)C1CNc2cc(NC(=O)OC(C)(C)C)ccc2O1. The fourth-order valence-corrected chi connectivity index (χ4v) is 2.12. The van der Waals surface area contributed by atoms with Crippen molar-refractivity contribution in [3.05, 3.63) is 18.2 Å². The van der Waals surface area contributed by atoms with Crippen molar-refractivity contribution in [1.82, 2.24) is 0 Å². The van der Waals surface area contributed by atoms with E-state index in [1.807, 2.05) is 0 Å². The van der Waals surface area contributed by atoms with E-state index in [1.54, 1.807) is 45.9 Å². The van der Waals surface area contributed by atoms with Gasteiger partial charge >= 0.3 is 12.1 Å². The molecule has 1 amide bonds. The van der Waals surface area contributed by atoms with Gasteiger partial charge in [-0.05, 0) is 45.9 Å². The van der Waals surface area contributed by atoms with E-state index >= 15 is 0 Å². The number of anilines is 2. The van der Waals surface area contributed by atoms with Gasteiger partial charge in [0.15, 0.2) is 0 Å². The molecule has 23 heavy (non-hydrogen) atoms. The molecular weight excluding hydrogens is 300 g/mol. The van der Waals surface area contributed by atoms with E-state index in [-0.39, 0.29) is 0 Å². The number of carbonyl (C=O) groups is 2. The Bertz CT molecular complexity index is 609. The van der Waals surface area contributed by atoms with Gasteiger partial charge in [-0.25, -0.2) is 4.79 Å². The standard InChI is InChI=1S/C16H22N2O5/c1-9(14(19)20)13-8-17-11-7-10(5-6-12(11)22-13)18-15(21)23-16(2,3)4/h5-7,9,13,17H,8H2,1-4H3,(H,18,21)(H,19,20)/t9-,13?/m0/s1. The zero-order chi connectivity index (χ0) is 17.2. The average Bonchev–Trinajstić information content (AvgIpc) is 2.43. The molecule has 0 bridgehead atoms. The normalized spacial score (nSPS) is 18.0. The highest BCUT2D eigenvalue weighted by atomic mass is 16.6. The Morgan fingerprint density at radius 2 is 2.13 bits per heavy atom. The molecule has 7 nitrogen and oxygen atoms in total. The summed E-state index contributed by atoms with van der Waals surface area (Å²) in [5, 5.41) is 14.8. The first-order valence-corrected chi connectivity index (χ1v) is 7.43. The summed E-state index contributed by atoms with van der Waals surface area (Å²) in [6.45, 7) is 7.37. The van der Waals surface area contributed by atoms with Crippen molar-refractivity contribution in [1.29, 1.82) is 0 Å². The Balaban J connectivity index is 2.04. The van der Waals surface area contributed by atoms with Crippen molar-refractivity contribution in [2.45, 2.75) is 39.4 Å². The van der Waals surface area contributed by atoms with Crippen LogP contribution in [0.4, 0.5) is 16.2 Å². The van der Waals surface area contributed by atoms with Crippen LogP contribution in [0.15, 0.2) is 18.2 Å². The van der Waals surface area contributed by atoms with Gasteiger partial charge in [0.25, 0.3) is 0 Å². The number of aliphatic carboxylic acids is 1. The van der Waals surface area contributed by atoms with E-state index in [0.717, 1.165) is 0 Å². The van der Waals surface area contributed by atoms with Crippen molar-refractivity contribution in [3.8, 4) is 5.75 Å². The monoisotopic (exact) mass is 322 g/mol. The highest BCUT2D eigenvalue weighted by Gasteiger charge is 2.29. The van der Waals surface area contributed by atoms with Crippen LogP contribution >= 0.6 is 0 Å². The summed E-state index contributed by atoms with van der Waals surface area (Å²) in [6, 6.07) is 5.09. The van der Waals surface area contributed by atoms with Crippen molar-refractivity contribution in [2.24, 2.45) is 5.92 Å². The Morgan fingerprint density at radius 3 is 2.74 bits per heavy atom. The highest BCUT2D eigenvalue weighted by Crippen LogP contribution is 2.33. The molecule has 126 valence electrons. The predicted molar refractivity (Wildman–Crippen MR) is 86.0 cm³/mol. The topological polar surface area (TPSA) is 96.9 Å². The lowest BCUT2D eigenvalue weighted by Gasteiger charge is -2.30. The van der Waals surface area contributed by atoms with Crippen LogP contribution in [0.25, 0.3) is 0 Å². The minimum absolute atomic E-state index is 0.385. The van der Waals surface area contributed by atoms with Gasteiger partial charge in [-0.15, -0.1) is 0 Å². The molecule has 2 rings (SSSR count). The Hall–Kier alpha value is -2.44. The van der Waals surface area contributed by atoms with Crippen LogP contribution in [0.1, 0.15) is 27.7 Å². The number of amides is 1. The van der Waals surface area contributed by atoms with Crippen molar-refractivity contribution in [3.63, 3.8) is 0 Å². The van der Waals surface area contributed by atoms with E-state index in [0.29, 0.717) is 23.7 Å². The van der Waals surface area contributed by atoms with Crippen molar-refractivity contribution in [2.75, 3.05) is 17.2 Å². The number of fused-ring (bicyclic) bond motifs is 1. The number of hydrogen-bond acceptors (Lipinski definition) is 5. The molecule has 0 aliphatic carbocycles. The number of hydrogen-bond donors (Lipinski definition) is 3. The Morgan fingerprint density at radius 1 is 1.43 bits per heavy atom. The van der Waals surface area contributed by atoms with Crippen LogP contribution in [0, 0.1) is 5.92 Å². The van der Waals surface area contributed by atoms with E-state index in [2.05, 4.69) is 10.6 Å². The second-order valence-corrected chi connectivity index (χ2v) is 6.50. The maximum atomic E-state index is 11.8. The summed E-state index contributed by atoms with van der Waals surface area (Å²) < 4.78 is 10.9. The number of rotatable bonds is 3. The third-order valence-corrected chi connectivity index (χ3v) is 3.34. The van der Waals surface area contributed by atoms with E-state index in [1.165, 1.54) is 0 Å². The molecule has 1 aromatic carbocycles. The number of ether oxygens (including phenoxy) is 2. The quantitative estimate of drug-likeness (QED) is 0.791. The summed E-state index contributed by atoms with van der Waals surface area (Å²) >= 11 is 0. The second kappa shape index (κ2) is 6.36. The fraction of sp³-hybridized carbons (Fsp3) is 0.500. The Kier molecular flexibility index (Phi) is 4.68. The molecule has 1 heterocycles. The first kappa shape index (κ1) is 16.9. The number of benzene rings is 1. The highest BCUT2D eigenvalue weighted by molar-refractivity contribution is 5.86. The molecule has 7 heteroatoms. The summed E-state index contributed by atoms with van der Waals surface area (Å²) in [5.41, 5.74) is 0.700. The second-order valence-electron chi connectivity index (χ2n) is 6.50. The third kappa shape index (κ3) is 4.51. The molecule has 0 fully saturated rings. The van der Waals surface area contributed by atoms with Crippen molar-refractivity contribution < 1.29 is 24.2 Å². The number of nitrogens with one attached hydrogen (secondary N) is 2. The van der Waals surface area contributed by atoms with Crippen LogP contribution in [0.5, 0.6) is 5.75 Å². The molecule has 2 atom stereocenters. The minimum atomic E-state index is -0.900. The summed E-state index contributed by atoms with van der Waals surface area (Å²) in [5.74, 6) is -0.956. The van der Waals surface area contributed by atoms with Gasteiger partial charge in [0.1, 0.15) is 17.5 Å². The maximum Gasteiger partial charge on any atom is 0.412 e. The van der Waals surface area contributed by atoms with E-state index < -0.39 is 29.7 Å². The zero-order valence-electron chi connectivity index (χ0n) is 13.7. The summed E-state index contributed by atoms with van der Waals surface area (Å²) in [4.78, 5) is 22.8. The van der Waals surface area contributed by atoms with Gasteiger partial charge in [-0.3, -0.25) is 10.1 Å². The van der Waals surface area contributed by atoms with E-state index in [9.17, 15) is 9.59 Å². The lowest BCUT2D eigenvalue weighted by atomic mass is 10.0. The third-order valence-electron chi connectivity index (χ3n) is 3.34. The fourth-order valence-electron chi connectivity index (χ4n) is 2.12. The lowest BCUT2D eigenvalue weighted by molar-refractivity contribution is -0.144. The smallest absolute Gasteiger partial charge is 0.412 e. The van der Waals surface area contributed by atoms with Gasteiger partial charge < -0.3 is 19.9 Å². The summed E-state index contributed by atoms with van der Waals surface area (Å²) in [7, 11) is 0. The molecule has 3 N–H and O–H groups in total. The minimum Gasteiger partial charge on any atom is -0.486 e. The molecule has 0 aromatic heterocycles. The molecule has 0 saturated heterocycles. The molecule has 0 saturated carbocycles. The largest absolute Gasteiger partial charge is 0.486 e. The van der Waals surface area contributed by atoms with Crippen LogP contribution in [0.3, 0.4) is 0 Å². The summed E-state index contributed by atoms with van der Waals surface area (Å²) in [6.07, 6.45) is -0.976. The predicted octanol–water partition coefficient (Wildman–Crippen LogP) is 2.93. The molecule has 1 aromatic rings. The van der Waals surface area contributed by atoms with Crippen LogP contribution < -0.4 is 15.4 Å². The van der Waals surface area contributed by atoms with Gasteiger partial charge in [0.05, 0.1) is 18.2 Å². The molecule has 1 aliphatic heterocycles. The van der Waals surface area contributed by atoms with E-state index in [4.69, 9.17) is 14.6 Å². The molecule has 0 spiro atoms. The Labute approximate surface area is 135 Å². The molecule has 1 aliphatic rings. The van der Waals surface area contributed by atoms with Crippen LogP contribution in [-0.4, -0.2) is 35.4 Å². The van der Waals surface area contributed by atoms with Crippen LogP contribution in [-0.2, 0) is 9.53 Å². The number of carboxylic acids is 1. The van der Waals surface area contributed by atoms with Crippen molar-refractivity contribution >= 4 is 23.4 Å². The molecular formula is C16H22N2O5. The maximum absolute atomic E-state index is 11.8.